The van der Waals surface area contributed by atoms with Crippen molar-refractivity contribution in [3.05, 3.63) is 60.4 Å². The third kappa shape index (κ3) is 1.50. The fraction of sp³-hybridized carbons (Fsp3) is 0.0667. The van der Waals surface area contributed by atoms with Gasteiger partial charge < -0.3 is 4.42 Å². The summed E-state index contributed by atoms with van der Waals surface area (Å²) in [4.78, 5) is 0. The van der Waals surface area contributed by atoms with Crippen LogP contribution in [0.3, 0.4) is 0 Å². The minimum absolute atomic E-state index is 0.902. The lowest BCUT2D eigenvalue weighted by Gasteiger charge is -2.00. The smallest absolute Gasteiger partial charge is 0.134 e. The Morgan fingerprint density at radius 2 is 1.94 bits per heavy atom. The van der Waals surface area contributed by atoms with Gasteiger partial charge >= 0.3 is 0 Å². The summed E-state index contributed by atoms with van der Waals surface area (Å²) >= 11 is 0. The maximum absolute atomic E-state index is 5.60. The van der Waals surface area contributed by atoms with E-state index in [0.29, 0.717) is 0 Å². The molecule has 0 amide bonds. The molecule has 1 aromatic heterocycles. The highest BCUT2D eigenvalue weighted by atomic mass is 16.3. The first-order valence-corrected chi connectivity index (χ1v) is 5.30. The molecule has 0 aliphatic carbocycles. The standard InChI is InChI=1S/C15H11O/c1-11-6-9-15(16-11)14-8-7-12-4-2-3-5-13(12)10-14/h2-6,8-10H,1H3. The van der Waals surface area contributed by atoms with Crippen LogP contribution in [0.2, 0.25) is 0 Å². The molecule has 0 spiro atoms. The Morgan fingerprint density at radius 1 is 1.06 bits per heavy atom. The van der Waals surface area contributed by atoms with E-state index in [-0.39, 0.29) is 0 Å². The molecule has 2 aromatic carbocycles. The van der Waals surface area contributed by atoms with Gasteiger partial charge in [-0.25, -0.2) is 0 Å². The van der Waals surface area contributed by atoms with Crippen molar-refractivity contribution in [1.29, 1.82) is 0 Å². The van der Waals surface area contributed by atoms with Crippen LogP contribution in [-0.2, 0) is 0 Å². The van der Waals surface area contributed by atoms with Crippen LogP contribution in [0.5, 0.6) is 0 Å². The molecule has 0 bridgehead atoms. The first-order valence-electron chi connectivity index (χ1n) is 5.30. The number of fused-ring (bicyclic) bond motifs is 1. The predicted octanol–water partition coefficient (Wildman–Crippen LogP) is 4.21. The van der Waals surface area contributed by atoms with Gasteiger partial charge in [-0.3, -0.25) is 0 Å². The monoisotopic (exact) mass is 207 g/mol. The quantitative estimate of drug-likeness (QED) is 0.582. The number of hydrogen-bond donors (Lipinski definition) is 0. The lowest BCUT2D eigenvalue weighted by Crippen LogP contribution is -1.76. The average molecular weight is 207 g/mol. The molecule has 3 rings (SSSR count). The maximum atomic E-state index is 5.60. The van der Waals surface area contributed by atoms with Gasteiger partial charge in [0.1, 0.15) is 11.5 Å². The van der Waals surface area contributed by atoms with Crippen molar-refractivity contribution in [3.63, 3.8) is 0 Å². The van der Waals surface area contributed by atoms with E-state index in [1.807, 2.05) is 37.3 Å². The Bertz CT molecular complexity index is 634. The minimum atomic E-state index is 0.902. The van der Waals surface area contributed by atoms with E-state index >= 15 is 0 Å². The number of rotatable bonds is 1. The second-order valence-electron chi connectivity index (χ2n) is 3.89. The summed E-state index contributed by atoms with van der Waals surface area (Å²) in [6, 6.07) is 19.5. The van der Waals surface area contributed by atoms with Gasteiger partial charge in [-0.05, 0) is 48.0 Å². The second kappa shape index (κ2) is 3.53. The highest BCUT2D eigenvalue weighted by Crippen LogP contribution is 2.25. The zero-order valence-electron chi connectivity index (χ0n) is 9.03. The molecule has 0 aliphatic rings. The van der Waals surface area contributed by atoms with Crippen molar-refractivity contribution in [2.75, 3.05) is 0 Å². The van der Waals surface area contributed by atoms with Gasteiger partial charge in [0.05, 0.1) is 0 Å². The van der Waals surface area contributed by atoms with E-state index in [0.717, 1.165) is 22.5 Å². The van der Waals surface area contributed by atoms with E-state index in [1.165, 1.54) is 5.39 Å². The van der Waals surface area contributed by atoms with Gasteiger partial charge in [-0.1, -0.05) is 24.3 Å². The maximum Gasteiger partial charge on any atom is 0.134 e. The van der Waals surface area contributed by atoms with Crippen molar-refractivity contribution in [2.45, 2.75) is 6.92 Å². The molecule has 3 aromatic rings. The minimum Gasteiger partial charge on any atom is -0.461 e. The normalized spacial score (nSPS) is 10.8. The van der Waals surface area contributed by atoms with Crippen molar-refractivity contribution < 1.29 is 4.42 Å². The van der Waals surface area contributed by atoms with Crippen LogP contribution in [0, 0.1) is 13.0 Å². The highest BCUT2D eigenvalue weighted by molar-refractivity contribution is 5.85. The van der Waals surface area contributed by atoms with Gasteiger partial charge in [-0.15, -0.1) is 0 Å². The largest absolute Gasteiger partial charge is 0.461 e. The molecule has 1 nitrogen and oxygen atoms in total. The van der Waals surface area contributed by atoms with Crippen LogP contribution in [0.4, 0.5) is 0 Å². The molecule has 0 fully saturated rings. The molecule has 77 valence electrons. The van der Waals surface area contributed by atoms with Crippen molar-refractivity contribution in [2.24, 2.45) is 0 Å². The highest BCUT2D eigenvalue weighted by Gasteiger charge is 2.03. The van der Waals surface area contributed by atoms with Crippen LogP contribution in [0.1, 0.15) is 5.76 Å². The van der Waals surface area contributed by atoms with Gasteiger partial charge in [0.2, 0.25) is 0 Å². The molecule has 16 heavy (non-hydrogen) atoms. The fourth-order valence-electron chi connectivity index (χ4n) is 1.85. The van der Waals surface area contributed by atoms with E-state index in [1.54, 1.807) is 0 Å². The van der Waals surface area contributed by atoms with Gasteiger partial charge in [0.25, 0.3) is 0 Å². The lowest BCUT2D eigenvalue weighted by atomic mass is 10.1. The van der Waals surface area contributed by atoms with E-state index < -0.39 is 0 Å². The third-order valence-electron chi connectivity index (χ3n) is 2.68. The summed E-state index contributed by atoms with van der Waals surface area (Å²) in [7, 11) is 0. The average Bonchev–Trinajstić information content (AvgIpc) is 2.75. The number of benzene rings is 2. The molecular formula is C15H11O. The Morgan fingerprint density at radius 3 is 2.75 bits per heavy atom. The van der Waals surface area contributed by atoms with Crippen LogP contribution < -0.4 is 0 Å². The predicted molar refractivity (Wildman–Crippen MR) is 65.2 cm³/mol. The summed E-state index contributed by atoms with van der Waals surface area (Å²) in [6.07, 6.45) is 0. The molecule has 0 N–H and O–H groups in total. The lowest BCUT2D eigenvalue weighted by molar-refractivity contribution is 0.548. The summed E-state index contributed by atoms with van der Waals surface area (Å²) in [5, 5.41) is 2.32. The summed E-state index contributed by atoms with van der Waals surface area (Å²) < 4.78 is 5.60. The van der Waals surface area contributed by atoms with Crippen LogP contribution in [-0.4, -0.2) is 0 Å². The fourth-order valence-corrected chi connectivity index (χ4v) is 1.85. The van der Waals surface area contributed by atoms with Crippen molar-refractivity contribution in [1.82, 2.24) is 0 Å². The Hall–Kier alpha value is -2.02. The second-order valence-corrected chi connectivity index (χ2v) is 3.89. The Kier molecular flexibility index (Phi) is 2.03. The number of hydrogen-bond acceptors (Lipinski definition) is 1. The van der Waals surface area contributed by atoms with Crippen LogP contribution in [0.15, 0.2) is 52.9 Å². The molecule has 0 aliphatic heterocycles. The molecule has 0 saturated carbocycles. The molecular weight excluding hydrogens is 196 g/mol. The zero-order chi connectivity index (χ0) is 11.0. The Balaban J connectivity index is 2.18. The number of furan rings is 1. The first kappa shape index (κ1) is 9.22. The summed E-state index contributed by atoms with van der Waals surface area (Å²) in [5.41, 5.74) is 1.08. The number of aryl methyl sites for hydroxylation is 1. The van der Waals surface area contributed by atoms with Gasteiger partial charge in [0.15, 0.2) is 0 Å². The summed E-state index contributed by atoms with van der Waals surface area (Å²) in [5.74, 6) is 1.84. The molecule has 1 heteroatoms. The molecule has 1 radical (unpaired) electrons. The SMILES string of the molecule is Cc1ccc(-c2c[c]c3ccccc3c2)o1. The molecule has 1 heterocycles. The molecule has 0 saturated heterocycles. The Labute approximate surface area is 94.3 Å². The van der Waals surface area contributed by atoms with E-state index in [4.69, 9.17) is 4.42 Å². The topological polar surface area (TPSA) is 13.1 Å². The van der Waals surface area contributed by atoms with E-state index in [9.17, 15) is 0 Å². The van der Waals surface area contributed by atoms with Gasteiger partial charge in [-0.2, -0.15) is 0 Å². The third-order valence-corrected chi connectivity index (χ3v) is 2.68. The van der Waals surface area contributed by atoms with Crippen LogP contribution >= 0.6 is 0 Å². The van der Waals surface area contributed by atoms with Crippen molar-refractivity contribution in [3.8, 4) is 11.3 Å². The van der Waals surface area contributed by atoms with Crippen LogP contribution in [0.25, 0.3) is 22.1 Å². The first-order chi connectivity index (χ1) is 7.83. The molecule has 0 atom stereocenters. The van der Waals surface area contributed by atoms with E-state index in [2.05, 4.69) is 24.3 Å². The van der Waals surface area contributed by atoms with Gasteiger partial charge in [0, 0.05) is 5.56 Å². The summed E-state index contributed by atoms with van der Waals surface area (Å²) in [6.45, 7) is 1.95. The zero-order valence-corrected chi connectivity index (χ0v) is 9.03. The molecule has 0 unspecified atom stereocenters. The van der Waals surface area contributed by atoms with Crippen molar-refractivity contribution >= 4 is 10.8 Å².